The highest BCUT2D eigenvalue weighted by Crippen LogP contribution is 2.34. The third-order valence-electron chi connectivity index (χ3n) is 5.19. The Balaban J connectivity index is 2.25. The Bertz CT molecular complexity index is 767. The Labute approximate surface area is 181 Å². The Morgan fingerprint density at radius 1 is 0.900 bits per heavy atom. The highest BCUT2D eigenvalue weighted by atomic mass is 16.5. The van der Waals surface area contributed by atoms with Crippen molar-refractivity contribution in [3.8, 4) is 22.6 Å². The van der Waals surface area contributed by atoms with Crippen molar-refractivity contribution < 1.29 is 19.4 Å². The normalized spacial score (nSPS) is 11.8. The predicted octanol–water partition coefficient (Wildman–Crippen LogP) is 7.36. The number of unbranched alkanes of at least 4 members (excludes halogenated alkanes) is 3. The molecule has 4 nitrogen and oxygen atoms in total. The summed E-state index contributed by atoms with van der Waals surface area (Å²) in [6.07, 6.45) is 9.06. The fraction of sp³-hybridized carbons (Fsp3) is 0.500. The van der Waals surface area contributed by atoms with Crippen molar-refractivity contribution in [1.29, 1.82) is 0 Å². The van der Waals surface area contributed by atoms with Gasteiger partial charge in [-0.15, -0.1) is 0 Å². The van der Waals surface area contributed by atoms with Gasteiger partial charge in [-0.05, 0) is 49.1 Å². The van der Waals surface area contributed by atoms with Crippen LogP contribution in [0.25, 0.3) is 11.1 Å². The zero-order valence-corrected chi connectivity index (χ0v) is 18.7. The largest absolute Gasteiger partial charge is 0.493 e. The highest BCUT2D eigenvalue weighted by molar-refractivity contribution is 5.88. The summed E-state index contributed by atoms with van der Waals surface area (Å²) in [5.41, 5.74) is 2.17. The molecule has 1 unspecified atom stereocenters. The maximum atomic E-state index is 11.2. The highest BCUT2D eigenvalue weighted by Gasteiger charge is 2.14. The minimum Gasteiger partial charge on any atom is -0.493 e. The van der Waals surface area contributed by atoms with E-state index in [0.717, 1.165) is 61.2 Å². The zero-order valence-electron chi connectivity index (χ0n) is 18.7. The Morgan fingerprint density at radius 2 is 1.63 bits per heavy atom. The number of ether oxygens (including phenoxy) is 2. The molecule has 2 rings (SSSR count). The third kappa shape index (κ3) is 7.40. The van der Waals surface area contributed by atoms with Gasteiger partial charge in [0.05, 0.1) is 18.3 Å². The second-order valence-corrected chi connectivity index (χ2v) is 7.77. The number of aromatic carboxylic acids is 1. The Hall–Kier alpha value is -2.49. The first-order valence-electron chi connectivity index (χ1n) is 11.4. The summed E-state index contributed by atoms with van der Waals surface area (Å²) in [7, 11) is 0. The lowest BCUT2D eigenvalue weighted by Crippen LogP contribution is -2.16. The van der Waals surface area contributed by atoms with Crippen LogP contribution in [0.15, 0.2) is 42.5 Å². The van der Waals surface area contributed by atoms with Crippen LogP contribution in [0.4, 0.5) is 0 Å². The molecular formula is C26H36O4. The van der Waals surface area contributed by atoms with Crippen molar-refractivity contribution in [3.63, 3.8) is 0 Å². The van der Waals surface area contributed by atoms with Crippen LogP contribution < -0.4 is 9.47 Å². The molecule has 0 amide bonds. The van der Waals surface area contributed by atoms with Gasteiger partial charge in [-0.2, -0.15) is 0 Å². The molecule has 0 fully saturated rings. The minimum atomic E-state index is -0.921. The molecule has 30 heavy (non-hydrogen) atoms. The molecule has 0 aliphatic carbocycles. The molecule has 2 aromatic carbocycles. The third-order valence-corrected chi connectivity index (χ3v) is 5.19. The van der Waals surface area contributed by atoms with E-state index in [-0.39, 0.29) is 11.7 Å². The van der Waals surface area contributed by atoms with Crippen LogP contribution in [-0.2, 0) is 0 Å². The van der Waals surface area contributed by atoms with Gasteiger partial charge in [0, 0.05) is 11.6 Å². The number of carboxylic acids is 1. The lowest BCUT2D eigenvalue weighted by atomic mass is 10.0. The van der Waals surface area contributed by atoms with Crippen molar-refractivity contribution >= 4 is 5.97 Å². The zero-order chi connectivity index (χ0) is 21.8. The number of hydrogen-bond acceptors (Lipinski definition) is 3. The van der Waals surface area contributed by atoms with Gasteiger partial charge < -0.3 is 14.6 Å². The van der Waals surface area contributed by atoms with Gasteiger partial charge in [0.1, 0.15) is 11.5 Å². The molecule has 0 spiro atoms. The SMILES string of the molecule is CCCCCOc1cc(OC(CCC)CCCC)ccc1-c1ccc(C(=O)O)cc1. The molecule has 0 bridgehead atoms. The molecule has 0 aliphatic heterocycles. The molecule has 0 saturated carbocycles. The summed E-state index contributed by atoms with van der Waals surface area (Å²) < 4.78 is 12.4. The van der Waals surface area contributed by atoms with Crippen molar-refractivity contribution in [2.45, 2.75) is 78.2 Å². The van der Waals surface area contributed by atoms with E-state index in [2.05, 4.69) is 20.8 Å². The van der Waals surface area contributed by atoms with Gasteiger partial charge in [0.15, 0.2) is 0 Å². The first kappa shape index (κ1) is 23.8. The van der Waals surface area contributed by atoms with Gasteiger partial charge in [-0.25, -0.2) is 4.79 Å². The number of carboxylic acid groups (broad SMARTS) is 1. The maximum Gasteiger partial charge on any atom is 0.335 e. The average molecular weight is 413 g/mol. The monoisotopic (exact) mass is 412 g/mol. The molecule has 0 saturated heterocycles. The van der Waals surface area contributed by atoms with Crippen LogP contribution in [0.2, 0.25) is 0 Å². The summed E-state index contributed by atoms with van der Waals surface area (Å²) in [6.45, 7) is 7.23. The molecule has 4 heteroatoms. The van der Waals surface area contributed by atoms with Crippen molar-refractivity contribution in [2.24, 2.45) is 0 Å². The first-order valence-corrected chi connectivity index (χ1v) is 11.4. The van der Waals surface area contributed by atoms with E-state index in [1.807, 2.05) is 30.3 Å². The molecule has 1 atom stereocenters. The van der Waals surface area contributed by atoms with Gasteiger partial charge in [-0.1, -0.05) is 65.0 Å². The van der Waals surface area contributed by atoms with Crippen molar-refractivity contribution in [2.75, 3.05) is 6.61 Å². The molecule has 0 radical (unpaired) electrons. The topological polar surface area (TPSA) is 55.8 Å². The summed E-state index contributed by atoms with van der Waals surface area (Å²) in [5.74, 6) is 0.703. The quantitative estimate of drug-likeness (QED) is 0.329. The molecule has 0 aliphatic rings. The molecule has 2 aromatic rings. The summed E-state index contributed by atoms with van der Waals surface area (Å²) >= 11 is 0. The van der Waals surface area contributed by atoms with E-state index in [0.29, 0.717) is 6.61 Å². The number of rotatable bonds is 14. The summed E-state index contributed by atoms with van der Waals surface area (Å²) in [4.78, 5) is 11.2. The fourth-order valence-corrected chi connectivity index (χ4v) is 3.47. The molecule has 0 aromatic heterocycles. The van der Waals surface area contributed by atoms with Crippen LogP contribution in [0.5, 0.6) is 11.5 Å². The van der Waals surface area contributed by atoms with E-state index in [9.17, 15) is 4.79 Å². The van der Waals surface area contributed by atoms with Gasteiger partial charge >= 0.3 is 5.97 Å². The minimum absolute atomic E-state index is 0.226. The number of carbonyl (C=O) groups is 1. The van der Waals surface area contributed by atoms with Crippen LogP contribution in [-0.4, -0.2) is 23.8 Å². The Morgan fingerprint density at radius 3 is 2.27 bits per heavy atom. The van der Waals surface area contributed by atoms with E-state index in [4.69, 9.17) is 14.6 Å². The van der Waals surface area contributed by atoms with Crippen LogP contribution in [0, 0.1) is 0 Å². The summed E-state index contributed by atoms with van der Waals surface area (Å²) in [6, 6.07) is 12.9. The lowest BCUT2D eigenvalue weighted by Gasteiger charge is -2.20. The second-order valence-electron chi connectivity index (χ2n) is 7.77. The smallest absolute Gasteiger partial charge is 0.335 e. The standard InChI is InChI=1S/C26H36O4/c1-4-7-9-18-29-25-19-23(30-22(10-6-3)11-8-5-2)16-17-24(25)20-12-14-21(15-13-20)26(27)28/h12-17,19,22H,4-11,18H2,1-3H3,(H,27,28). The van der Waals surface area contributed by atoms with Crippen LogP contribution in [0.1, 0.15) is 82.5 Å². The number of benzene rings is 2. The molecule has 1 N–H and O–H groups in total. The predicted molar refractivity (Wildman–Crippen MR) is 123 cm³/mol. The Kier molecular flexibility index (Phi) is 10.3. The van der Waals surface area contributed by atoms with Crippen molar-refractivity contribution in [1.82, 2.24) is 0 Å². The van der Waals surface area contributed by atoms with E-state index in [1.165, 1.54) is 12.8 Å². The number of hydrogen-bond donors (Lipinski definition) is 1. The summed E-state index contributed by atoms with van der Waals surface area (Å²) in [5, 5.41) is 9.15. The van der Waals surface area contributed by atoms with Crippen LogP contribution >= 0.6 is 0 Å². The molecule has 164 valence electrons. The lowest BCUT2D eigenvalue weighted by molar-refractivity contribution is 0.0697. The fourth-order valence-electron chi connectivity index (χ4n) is 3.47. The van der Waals surface area contributed by atoms with Gasteiger partial charge in [0.2, 0.25) is 0 Å². The van der Waals surface area contributed by atoms with Gasteiger partial charge in [-0.3, -0.25) is 0 Å². The average Bonchev–Trinajstić information content (AvgIpc) is 2.75. The maximum absolute atomic E-state index is 11.2. The molecule has 0 heterocycles. The van der Waals surface area contributed by atoms with Crippen LogP contribution in [0.3, 0.4) is 0 Å². The first-order chi connectivity index (χ1) is 14.6. The van der Waals surface area contributed by atoms with Gasteiger partial charge in [0.25, 0.3) is 0 Å². The molecular weight excluding hydrogens is 376 g/mol. The van der Waals surface area contributed by atoms with E-state index < -0.39 is 5.97 Å². The van der Waals surface area contributed by atoms with Crippen molar-refractivity contribution in [3.05, 3.63) is 48.0 Å². The second kappa shape index (κ2) is 12.9. The van der Waals surface area contributed by atoms with E-state index >= 15 is 0 Å². The van der Waals surface area contributed by atoms with E-state index in [1.54, 1.807) is 12.1 Å².